The summed E-state index contributed by atoms with van der Waals surface area (Å²) in [5, 5.41) is 3.01. The second kappa shape index (κ2) is 11.1. The first kappa shape index (κ1) is 24.4. The van der Waals surface area contributed by atoms with Gasteiger partial charge >= 0.3 is 0 Å². The topological polar surface area (TPSA) is 76.4 Å². The number of furan rings is 1. The van der Waals surface area contributed by atoms with Crippen LogP contribution in [0.3, 0.4) is 0 Å². The zero-order chi connectivity index (χ0) is 24.8. The van der Waals surface area contributed by atoms with Crippen molar-refractivity contribution in [1.29, 1.82) is 0 Å². The van der Waals surface area contributed by atoms with Crippen molar-refractivity contribution in [3.05, 3.63) is 71.9 Å². The number of carbonyl (C=O) groups excluding carboxylic acids is 1. The Labute approximate surface area is 204 Å². The Morgan fingerprint density at radius 2 is 1.69 bits per heavy atom. The number of piperazine rings is 1. The normalized spacial score (nSPS) is 14.9. The number of anilines is 1. The van der Waals surface area contributed by atoms with Gasteiger partial charge in [-0.3, -0.25) is 9.69 Å². The van der Waals surface area contributed by atoms with Gasteiger partial charge in [-0.1, -0.05) is 12.1 Å². The van der Waals surface area contributed by atoms with E-state index in [1.807, 2.05) is 23.1 Å². The highest BCUT2D eigenvalue weighted by molar-refractivity contribution is 5.95. The lowest BCUT2D eigenvalue weighted by molar-refractivity contribution is 0.0922. The van der Waals surface area contributed by atoms with Crippen LogP contribution in [0.4, 0.5) is 10.1 Å². The summed E-state index contributed by atoms with van der Waals surface area (Å²) < 4.78 is 36.0. The molecule has 1 amide bonds. The molecule has 8 nitrogen and oxygen atoms in total. The molecule has 0 saturated carbocycles. The van der Waals surface area contributed by atoms with E-state index in [-0.39, 0.29) is 17.8 Å². The van der Waals surface area contributed by atoms with Crippen LogP contribution in [0.25, 0.3) is 0 Å². The van der Waals surface area contributed by atoms with Gasteiger partial charge in [0, 0.05) is 38.3 Å². The molecular weight excluding hydrogens is 453 g/mol. The third-order valence-electron chi connectivity index (χ3n) is 6.20. The Morgan fingerprint density at radius 3 is 2.26 bits per heavy atom. The summed E-state index contributed by atoms with van der Waals surface area (Å²) in [5.41, 5.74) is 1.000. The number of hydrogen-bond donors (Lipinski definition) is 1. The Kier molecular flexibility index (Phi) is 7.77. The fourth-order valence-corrected chi connectivity index (χ4v) is 4.38. The molecule has 1 saturated heterocycles. The number of nitrogens with one attached hydrogen (secondary N) is 1. The Morgan fingerprint density at radius 1 is 1.00 bits per heavy atom. The molecule has 0 radical (unpaired) electrons. The van der Waals surface area contributed by atoms with Crippen LogP contribution < -0.4 is 24.4 Å². The average Bonchev–Trinajstić information content (AvgIpc) is 3.43. The molecular formula is C26H30FN3O5. The van der Waals surface area contributed by atoms with Crippen molar-refractivity contribution in [3.63, 3.8) is 0 Å². The minimum Gasteiger partial charge on any atom is -0.493 e. The van der Waals surface area contributed by atoms with Crippen LogP contribution >= 0.6 is 0 Å². The lowest BCUT2D eigenvalue weighted by atomic mass is 10.1. The van der Waals surface area contributed by atoms with Gasteiger partial charge in [-0.05, 0) is 36.4 Å². The number of amides is 1. The molecule has 1 aliphatic heterocycles. The molecule has 9 heteroatoms. The smallest absolute Gasteiger partial charge is 0.251 e. The maximum Gasteiger partial charge on any atom is 0.251 e. The van der Waals surface area contributed by atoms with Crippen molar-refractivity contribution in [1.82, 2.24) is 10.2 Å². The predicted molar refractivity (Wildman–Crippen MR) is 130 cm³/mol. The lowest BCUT2D eigenvalue weighted by Gasteiger charge is -2.39. The molecule has 1 aliphatic rings. The van der Waals surface area contributed by atoms with E-state index in [0.717, 1.165) is 5.76 Å². The fourth-order valence-electron chi connectivity index (χ4n) is 4.38. The zero-order valence-corrected chi connectivity index (χ0v) is 20.1. The number of para-hydroxylation sites is 1. The molecule has 1 atom stereocenters. The van der Waals surface area contributed by atoms with Gasteiger partial charge in [0.1, 0.15) is 11.6 Å². The molecule has 186 valence electrons. The summed E-state index contributed by atoms with van der Waals surface area (Å²) in [6.45, 7) is 3.06. The third-order valence-corrected chi connectivity index (χ3v) is 6.20. The second-order valence-corrected chi connectivity index (χ2v) is 8.13. The molecule has 3 aromatic rings. The van der Waals surface area contributed by atoms with Gasteiger partial charge < -0.3 is 28.8 Å². The second-order valence-electron chi connectivity index (χ2n) is 8.13. The minimum absolute atomic E-state index is 0.168. The molecule has 0 unspecified atom stereocenters. The lowest BCUT2D eigenvalue weighted by Crippen LogP contribution is -2.50. The number of ether oxygens (including phenoxy) is 3. The van der Waals surface area contributed by atoms with Crippen molar-refractivity contribution < 1.29 is 27.8 Å². The van der Waals surface area contributed by atoms with Crippen LogP contribution in [0.1, 0.15) is 22.2 Å². The molecule has 35 heavy (non-hydrogen) atoms. The molecule has 0 spiro atoms. The van der Waals surface area contributed by atoms with Gasteiger partial charge in [-0.25, -0.2) is 4.39 Å². The summed E-state index contributed by atoms with van der Waals surface area (Å²) in [6.07, 6.45) is 1.62. The number of benzene rings is 2. The van der Waals surface area contributed by atoms with Gasteiger partial charge in [0.15, 0.2) is 11.5 Å². The van der Waals surface area contributed by atoms with E-state index >= 15 is 0 Å². The van der Waals surface area contributed by atoms with E-state index < -0.39 is 0 Å². The van der Waals surface area contributed by atoms with Crippen LogP contribution in [-0.4, -0.2) is 64.9 Å². The predicted octanol–water partition coefficient (Wildman–Crippen LogP) is 3.74. The maximum atomic E-state index is 14.2. The summed E-state index contributed by atoms with van der Waals surface area (Å²) in [7, 11) is 4.53. The fraction of sp³-hybridized carbons (Fsp3) is 0.346. The highest BCUT2D eigenvalue weighted by Crippen LogP contribution is 2.38. The molecule has 1 fully saturated rings. The number of carbonyl (C=O) groups is 1. The monoisotopic (exact) mass is 483 g/mol. The number of hydrogen-bond acceptors (Lipinski definition) is 7. The summed E-state index contributed by atoms with van der Waals surface area (Å²) in [5.74, 6) is 1.50. The molecule has 0 bridgehead atoms. The van der Waals surface area contributed by atoms with Crippen molar-refractivity contribution in [3.8, 4) is 17.2 Å². The van der Waals surface area contributed by atoms with Gasteiger partial charge in [0.2, 0.25) is 5.75 Å². The van der Waals surface area contributed by atoms with Crippen molar-refractivity contribution in [2.24, 2.45) is 0 Å². The Bertz CT molecular complexity index is 1100. The first-order valence-electron chi connectivity index (χ1n) is 11.4. The number of nitrogens with zero attached hydrogens (tertiary/aromatic N) is 2. The average molecular weight is 484 g/mol. The Balaban J connectivity index is 1.46. The summed E-state index contributed by atoms with van der Waals surface area (Å²) in [6, 6.07) is 13.6. The number of methoxy groups -OCH3 is 3. The maximum absolute atomic E-state index is 14.2. The van der Waals surface area contributed by atoms with Crippen LogP contribution in [0, 0.1) is 5.82 Å². The van der Waals surface area contributed by atoms with Crippen LogP contribution in [0.2, 0.25) is 0 Å². The quantitative estimate of drug-likeness (QED) is 0.497. The molecule has 1 N–H and O–H groups in total. The standard InChI is InChI=1S/C26H30FN3O5/c1-32-23-15-18(16-24(33-2)25(23)34-3)26(31)28-17-21(22-9-6-14-35-22)30-12-10-29(11-13-30)20-8-5-4-7-19(20)27/h4-9,14-16,21H,10-13,17H2,1-3H3,(H,28,31)/t21-/m1/s1. The van der Waals surface area contributed by atoms with Crippen LogP contribution in [0.15, 0.2) is 59.2 Å². The first-order valence-corrected chi connectivity index (χ1v) is 11.4. The van der Waals surface area contributed by atoms with E-state index in [1.54, 1.807) is 30.5 Å². The highest BCUT2D eigenvalue weighted by atomic mass is 19.1. The van der Waals surface area contributed by atoms with E-state index in [2.05, 4.69) is 10.2 Å². The van der Waals surface area contributed by atoms with Crippen molar-refractivity contribution in [2.45, 2.75) is 6.04 Å². The SMILES string of the molecule is COc1cc(C(=O)NC[C@H](c2ccco2)N2CCN(c3ccccc3F)CC2)cc(OC)c1OC. The molecule has 2 heterocycles. The summed E-state index contributed by atoms with van der Waals surface area (Å²) in [4.78, 5) is 17.3. The van der Waals surface area contributed by atoms with Crippen LogP contribution in [-0.2, 0) is 0 Å². The molecule has 1 aromatic heterocycles. The van der Waals surface area contributed by atoms with Crippen molar-refractivity contribution in [2.75, 3.05) is 59.0 Å². The minimum atomic E-state index is -0.272. The summed E-state index contributed by atoms with van der Waals surface area (Å²) >= 11 is 0. The number of rotatable bonds is 9. The van der Waals surface area contributed by atoms with Gasteiger partial charge in [-0.2, -0.15) is 0 Å². The zero-order valence-electron chi connectivity index (χ0n) is 20.1. The van der Waals surface area contributed by atoms with Gasteiger partial charge in [0.05, 0.1) is 39.3 Å². The van der Waals surface area contributed by atoms with E-state index in [1.165, 1.54) is 27.4 Å². The largest absolute Gasteiger partial charge is 0.493 e. The van der Waals surface area contributed by atoms with Crippen molar-refractivity contribution >= 4 is 11.6 Å². The van der Waals surface area contributed by atoms with E-state index in [9.17, 15) is 9.18 Å². The molecule has 2 aromatic carbocycles. The van der Waals surface area contributed by atoms with E-state index in [0.29, 0.717) is 61.2 Å². The molecule has 0 aliphatic carbocycles. The number of halogens is 1. The molecule has 4 rings (SSSR count). The van der Waals surface area contributed by atoms with E-state index in [4.69, 9.17) is 18.6 Å². The van der Waals surface area contributed by atoms with Crippen LogP contribution in [0.5, 0.6) is 17.2 Å². The van der Waals surface area contributed by atoms with Gasteiger partial charge in [0.25, 0.3) is 5.91 Å². The Hall–Kier alpha value is -3.72. The first-order chi connectivity index (χ1) is 17.0. The highest BCUT2D eigenvalue weighted by Gasteiger charge is 2.28. The van der Waals surface area contributed by atoms with Gasteiger partial charge in [-0.15, -0.1) is 0 Å². The third kappa shape index (κ3) is 5.35.